The second kappa shape index (κ2) is 7.15. The Kier molecular flexibility index (Phi) is 6.14. The second-order valence-electron chi connectivity index (χ2n) is 4.94. The molecule has 2 rings (SSSR count). The van der Waals surface area contributed by atoms with Crippen LogP contribution in [0.15, 0.2) is 22.7 Å². The molecule has 1 aromatic carbocycles. The summed E-state index contributed by atoms with van der Waals surface area (Å²) in [6.45, 7) is 0. The summed E-state index contributed by atoms with van der Waals surface area (Å²) in [5.41, 5.74) is 7.05. The summed E-state index contributed by atoms with van der Waals surface area (Å²) in [6, 6.07) is 5.80. The van der Waals surface area contributed by atoms with E-state index in [9.17, 15) is 4.79 Å². The highest BCUT2D eigenvalue weighted by Gasteiger charge is 2.23. The van der Waals surface area contributed by atoms with E-state index in [0.717, 1.165) is 17.3 Å². The monoisotopic (exact) mass is 346 g/mol. The number of nitrogen functional groups attached to an aromatic ring is 1. The van der Waals surface area contributed by atoms with Gasteiger partial charge >= 0.3 is 0 Å². The molecule has 5 heteroatoms. The van der Waals surface area contributed by atoms with Crippen molar-refractivity contribution in [2.75, 3.05) is 12.8 Å². The average molecular weight is 348 g/mol. The molecule has 0 aliphatic heterocycles. The fourth-order valence-corrected chi connectivity index (χ4v) is 2.93. The molecule has 1 amide bonds. The number of carbonyl (C=O) groups is 1. The number of halogens is 2. The molecule has 1 aliphatic carbocycles. The molecular formula is C14H20BrClN2O. The molecule has 3 nitrogen and oxygen atoms in total. The van der Waals surface area contributed by atoms with E-state index in [2.05, 4.69) is 15.9 Å². The summed E-state index contributed by atoms with van der Waals surface area (Å²) in [5, 5.41) is 0. The van der Waals surface area contributed by atoms with Gasteiger partial charge < -0.3 is 10.6 Å². The van der Waals surface area contributed by atoms with Gasteiger partial charge in [0.2, 0.25) is 0 Å². The maximum Gasteiger partial charge on any atom is 0.255 e. The predicted molar refractivity (Wildman–Crippen MR) is 84.8 cm³/mol. The topological polar surface area (TPSA) is 46.3 Å². The van der Waals surface area contributed by atoms with Gasteiger partial charge in [0.25, 0.3) is 5.91 Å². The van der Waals surface area contributed by atoms with Gasteiger partial charge in [-0.15, -0.1) is 12.4 Å². The van der Waals surface area contributed by atoms with Crippen molar-refractivity contribution in [3.63, 3.8) is 0 Å². The van der Waals surface area contributed by atoms with E-state index in [1.807, 2.05) is 18.0 Å². The first kappa shape index (κ1) is 16.3. The van der Waals surface area contributed by atoms with Gasteiger partial charge in [0.05, 0.1) is 5.56 Å². The first-order valence-electron chi connectivity index (χ1n) is 6.42. The van der Waals surface area contributed by atoms with Crippen molar-refractivity contribution in [2.24, 2.45) is 0 Å². The minimum Gasteiger partial charge on any atom is -0.398 e. The number of nitrogens with two attached hydrogens (primary N) is 1. The number of benzene rings is 1. The van der Waals surface area contributed by atoms with Crippen molar-refractivity contribution in [1.29, 1.82) is 0 Å². The van der Waals surface area contributed by atoms with Crippen LogP contribution in [-0.2, 0) is 0 Å². The SMILES string of the molecule is CN(C(=O)c1ccc(Br)cc1N)C1CCCCC1.Cl. The van der Waals surface area contributed by atoms with Crippen LogP contribution in [0.5, 0.6) is 0 Å². The van der Waals surface area contributed by atoms with E-state index >= 15 is 0 Å². The molecule has 0 unspecified atom stereocenters. The Labute approximate surface area is 129 Å². The minimum atomic E-state index is 0. The lowest BCUT2D eigenvalue weighted by Crippen LogP contribution is -2.38. The molecule has 0 saturated heterocycles. The lowest BCUT2D eigenvalue weighted by Gasteiger charge is -2.31. The summed E-state index contributed by atoms with van der Waals surface area (Å²) in [7, 11) is 1.89. The Hall–Kier alpha value is -0.740. The van der Waals surface area contributed by atoms with Crippen LogP contribution < -0.4 is 5.73 Å². The Bertz CT molecular complexity index is 447. The summed E-state index contributed by atoms with van der Waals surface area (Å²) < 4.78 is 0.900. The Balaban J connectivity index is 0.00000180. The van der Waals surface area contributed by atoms with Gasteiger partial charge in [-0.05, 0) is 31.0 Å². The van der Waals surface area contributed by atoms with E-state index in [1.165, 1.54) is 19.3 Å². The number of carbonyl (C=O) groups excluding carboxylic acids is 1. The molecule has 0 aromatic heterocycles. The van der Waals surface area contributed by atoms with E-state index in [4.69, 9.17) is 5.73 Å². The third-order valence-electron chi connectivity index (χ3n) is 3.69. The van der Waals surface area contributed by atoms with Crippen LogP contribution in [0.2, 0.25) is 0 Å². The van der Waals surface area contributed by atoms with Crippen LogP contribution in [-0.4, -0.2) is 23.9 Å². The van der Waals surface area contributed by atoms with Gasteiger partial charge in [0.15, 0.2) is 0 Å². The Morgan fingerprint density at radius 3 is 2.53 bits per heavy atom. The molecule has 1 fully saturated rings. The fourth-order valence-electron chi connectivity index (χ4n) is 2.55. The predicted octanol–water partition coefficient (Wildman–Crippen LogP) is 3.86. The molecule has 0 radical (unpaired) electrons. The number of anilines is 1. The lowest BCUT2D eigenvalue weighted by molar-refractivity contribution is 0.0697. The number of hydrogen-bond donors (Lipinski definition) is 1. The highest BCUT2D eigenvalue weighted by molar-refractivity contribution is 9.10. The van der Waals surface area contributed by atoms with Gasteiger partial charge in [0, 0.05) is 23.2 Å². The van der Waals surface area contributed by atoms with Crippen molar-refractivity contribution >= 4 is 39.9 Å². The number of nitrogens with zero attached hydrogens (tertiary/aromatic N) is 1. The summed E-state index contributed by atoms with van der Waals surface area (Å²) >= 11 is 3.35. The smallest absolute Gasteiger partial charge is 0.255 e. The third kappa shape index (κ3) is 3.86. The quantitative estimate of drug-likeness (QED) is 0.826. The molecule has 0 bridgehead atoms. The molecule has 106 valence electrons. The molecule has 19 heavy (non-hydrogen) atoms. The van der Waals surface area contributed by atoms with Crippen LogP contribution in [0.25, 0.3) is 0 Å². The van der Waals surface area contributed by atoms with Crippen molar-refractivity contribution in [2.45, 2.75) is 38.1 Å². The first-order valence-corrected chi connectivity index (χ1v) is 7.21. The normalized spacial score (nSPS) is 15.7. The number of rotatable bonds is 2. The maximum absolute atomic E-state index is 12.4. The Morgan fingerprint density at radius 1 is 1.32 bits per heavy atom. The summed E-state index contributed by atoms with van der Waals surface area (Å²) in [6.07, 6.45) is 5.95. The van der Waals surface area contributed by atoms with Crippen molar-refractivity contribution < 1.29 is 4.79 Å². The van der Waals surface area contributed by atoms with Crippen molar-refractivity contribution in [3.8, 4) is 0 Å². The van der Waals surface area contributed by atoms with Gasteiger partial charge in [-0.25, -0.2) is 0 Å². The molecule has 0 atom stereocenters. The van der Waals surface area contributed by atoms with Gasteiger partial charge in [-0.3, -0.25) is 4.79 Å². The van der Waals surface area contributed by atoms with Gasteiger partial charge in [-0.1, -0.05) is 35.2 Å². The second-order valence-corrected chi connectivity index (χ2v) is 5.86. The zero-order chi connectivity index (χ0) is 13.1. The van der Waals surface area contributed by atoms with E-state index in [-0.39, 0.29) is 18.3 Å². The third-order valence-corrected chi connectivity index (χ3v) is 4.18. The van der Waals surface area contributed by atoms with E-state index in [1.54, 1.807) is 12.1 Å². The maximum atomic E-state index is 12.4. The zero-order valence-corrected chi connectivity index (χ0v) is 13.5. The van der Waals surface area contributed by atoms with E-state index < -0.39 is 0 Å². The minimum absolute atomic E-state index is 0. The van der Waals surface area contributed by atoms with Crippen LogP contribution in [0.3, 0.4) is 0 Å². The van der Waals surface area contributed by atoms with Crippen molar-refractivity contribution in [3.05, 3.63) is 28.2 Å². The van der Waals surface area contributed by atoms with Gasteiger partial charge in [0.1, 0.15) is 0 Å². The highest BCUT2D eigenvalue weighted by atomic mass is 79.9. The van der Waals surface area contributed by atoms with Crippen LogP contribution in [0.4, 0.5) is 5.69 Å². The Morgan fingerprint density at radius 2 is 1.95 bits per heavy atom. The molecular weight excluding hydrogens is 328 g/mol. The standard InChI is InChI=1S/C14H19BrN2O.ClH/c1-17(11-5-3-2-4-6-11)14(18)12-8-7-10(15)9-13(12)16;/h7-9,11H,2-6,16H2,1H3;1H. The van der Waals surface area contributed by atoms with Crippen LogP contribution in [0.1, 0.15) is 42.5 Å². The average Bonchev–Trinajstić information content (AvgIpc) is 2.38. The number of amides is 1. The molecule has 2 N–H and O–H groups in total. The molecule has 1 aliphatic rings. The zero-order valence-electron chi connectivity index (χ0n) is 11.1. The molecule has 1 saturated carbocycles. The largest absolute Gasteiger partial charge is 0.398 e. The first-order chi connectivity index (χ1) is 8.59. The van der Waals surface area contributed by atoms with Crippen LogP contribution >= 0.6 is 28.3 Å². The van der Waals surface area contributed by atoms with Crippen molar-refractivity contribution in [1.82, 2.24) is 4.90 Å². The van der Waals surface area contributed by atoms with E-state index in [0.29, 0.717) is 17.3 Å². The number of hydrogen-bond acceptors (Lipinski definition) is 2. The van der Waals surface area contributed by atoms with Crippen LogP contribution in [0, 0.1) is 0 Å². The molecule has 1 aromatic rings. The summed E-state index contributed by atoms with van der Waals surface area (Å²) in [5.74, 6) is 0.0342. The lowest BCUT2D eigenvalue weighted by atomic mass is 9.94. The van der Waals surface area contributed by atoms with Gasteiger partial charge in [-0.2, -0.15) is 0 Å². The fraction of sp³-hybridized carbons (Fsp3) is 0.500. The molecule has 0 heterocycles. The summed E-state index contributed by atoms with van der Waals surface area (Å²) in [4.78, 5) is 14.3. The highest BCUT2D eigenvalue weighted by Crippen LogP contribution is 2.25. The molecule has 0 spiro atoms.